The highest BCUT2D eigenvalue weighted by Gasteiger charge is 2.33. The van der Waals surface area contributed by atoms with E-state index < -0.39 is 0 Å². The highest BCUT2D eigenvalue weighted by Crippen LogP contribution is 2.47. The number of rotatable bonds is 10. The third-order valence-electron chi connectivity index (χ3n) is 15.3. The maximum absolute atomic E-state index is 7.34. The summed E-state index contributed by atoms with van der Waals surface area (Å²) in [5.74, 6) is 2.45. The molecule has 0 aliphatic carbocycles. The molecular formula is C68H72N4O. The predicted octanol–water partition coefficient (Wildman–Crippen LogP) is 17.8. The van der Waals surface area contributed by atoms with Gasteiger partial charge in [-0.05, 0) is 109 Å². The van der Waals surface area contributed by atoms with Gasteiger partial charge in [-0.2, -0.15) is 0 Å². The van der Waals surface area contributed by atoms with Crippen molar-refractivity contribution in [1.82, 2.24) is 9.55 Å². The summed E-state index contributed by atoms with van der Waals surface area (Å²) in [5.41, 5.74) is 14.6. The van der Waals surface area contributed by atoms with Crippen LogP contribution in [0.4, 0.5) is 11.4 Å². The van der Waals surface area contributed by atoms with Crippen molar-refractivity contribution >= 4 is 38.9 Å². The van der Waals surface area contributed by atoms with Crippen LogP contribution in [0.2, 0.25) is 0 Å². The van der Waals surface area contributed by atoms with E-state index in [1.807, 2.05) is 6.20 Å². The topological polar surface area (TPSA) is 33.5 Å². The Morgan fingerprint density at radius 2 is 0.986 bits per heavy atom. The van der Waals surface area contributed by atoms with Crippen LogP contribution in [0.5, 0.6) is 11.5 Å². The first kappa shape index (κ1) is 49.2. The summed E-state index contributed by atoms with van der Waals surface area (Å²) in [5, 5.41) is 2.39. The van der Waals surface area contributed by atoms with Crippen LogP contribution in [0, 0.1) is 0 Å². The van der Waals surface area contributed by atoms with Crippen molar-refractivity contribution in [2.45, 2.75) is 117 Å². The quantitative estimate of drug-likeness (QED) is 0.137. The van der Waals surface area contributed by atoms with Gasteiger partial charge in [-0.1, -0.05) is 205 Å². The maximum Gasteiger partial charge on any atom is 0.137 e. The number of aromatic nitrogens is 2. The normalized spacial score (nSPS) is 13.8. The third-order valence-corrected chi connectivity index (χ3v) is 15.3. The third kappa shape index (κ3) is 9.47. The summed E-state index contributed by atoms with van der Waals surface area (Å²) >= 11 is 0. The summed E-state index contributed by atoms with van der Waals surface area (Å²) in [6.07, 6.45) is 4.28. The maximum atomic E-state index is 7.34. The van der Waals surface area contributed by atoms with Crippen molar-refractivity contribution in [3.63, 3.8) is 0 Å². The van der Waals surface area contributed by atoms with Crippen LogP contribution in [0.1, 0.15) is 135 Å². The number of hydrogen-bond acceptors (Lipinski definition) is 4. The summed E-state index contributed by atoms with van der Waals surface area (Å²) in [4.78, 5) is 9.95. The Hall–Kier alpha value is -7.37. The Balaban J connectivity index is 1.13. The van der Waals surface area contributed by atoms with E-state index in [9.17, 15) is 0 Å². The van der Waals surface area contributed by atoms with Gasteiger partial charge in [-0.25, -0.2) is 4.98 Å². The van der Waals surface area contributed by atoms with Crippen molar-refractivity contribution < 1.29 is 4.74 Å². The molecule has 73 heavy (non-hydrogen) atoms. The highest BCUT2D eigenvalue weighted by molar-refractivity contribution is 6.12. The van der Waals surface area contributed by atoms with E-state index in [-0.39, 0.29) is 27.1 Å². The lowest BCUT2D eigenvalue weighted by molar-refractivity contribution is 0.477. The fourth-order valence-electron chi connectivity index (χ4n) is 10.5. The van der Waals surface area contributed by atoms with Gasteiger partial charge in [-0.3, -0.25) is 4.57 Å². The molecule has 1 aliphatic rings. The van der Waals surface area contributed by atoms with Crippen LogP contribution in [-0.2, 0) is 27.1 Å². The molecule has 9 aromatic rings. The van der Waals surface area contributed by atoms with Gasteiger partial charge >= 0.3 is 0 Å². The van der Waals surface area contributed by atoms with E-state index >= 15 is 0 Å². The number of hydrogen-bond donors (Lipinski definition) is 0. The van der Waals surface area contributed by atoms with Gasteiger partial charge in [0.1, 0.15) is 17.3 Å². The monoisotopic (exact) mass is 961 g/mol. The van der Waals surface area contributed by atoms with Gasteiger partial charge < -0.3 is 14.5 Å². The molecule has 5 nitrogen and oxygen atoms in total. The zero-order valence-electron chi connectivity index (χ0n) is 45.3. The number of pyridine rings is 1. The lowest BCUT2D eigenvalue weighted by atomic mass is 9.75. The number of para-hydroxylation sites is 1. The fourth-order valence-corrected chi connectivity index (χ4v) is 10.5. The minimum Gasteiger partial charge on any atom is -0.457 e. The van der Waals surface area contributed by atoms with Gasteiger partial charge in [0.05, 0.1) is 23.4 Å². The Kier molecular flexibility index (Phi) is 12.3. The largest absolute Gasteiger partial charge is 0.457 e. The molecule has 0 saturated carbocycles. The molecule has 0 unspecified atom stereocenters. The molecule has 370 valence electrons. The second-order valence-corrected chi connectivity index (χ2v) is 24.4. The number of anilines is 2. The molecule has 5 heteroatoms. The summed E-state index contributed by atoms with van der Waals surface area (Å²) in [6, 6.07) is 64.3. The number of nitrogens with zero attached hydrogens (tertiary/aromatic N) is 4. The molecule has 2 aromatic heterocycles. The van der Waals surface area contributed by atoms with E-state index in [4.69, 9.17) is 9.72 Å². The van der Waals surface area contributed by atoms with Gasteiger partial charge in [0, 0.05) is 57.5 Å². The molecule has 3 heterocycles. The van der Waals surface area contributed by atoms with E-state index in [0.29, 0.717) is 6.67 Å². The first-order valence-electron chi connectivity index (χ1n) is 26.0. The first-order valence-corrected chi connectivity index (χ1v) is 26.0. The first-order chi connectivity index (χ1) is 34.6. The average Bonchev–Trinajstić information content (AvgIpc) is 3.97. The van der Waals surface area contributed by atoms with Crippen LogP contribution < -0.4 is 14.5 Å². The summed E-state index contributed by atoms with van der Waals surface area (Å²) in [7, 11) is 0. The second kappa shape index (κ2) is 18.3. The number of ether oxygens (including phenoxy) is 1. The molecule has 0 N–H and O–H groups in total. The molecule has 0 amide bonds. The minimum absolute atomic E-state index is 0.0525. The minimum atomic E-state index is -0.384. The van der Waals surface area contributed by atoms with Crippen LogP contribution in [-0.4, -0.2) is 16.2 Å². The zero-order valence-corrected chi connectivity index (χ0v) is 45.3. The second-order valence-electron chi connectivity index (χ2n) is 24.4. The van der Waals surface area contributed by atoms with Gasteiger partial charge in [0.15, 0.2) is 0 Å². The van der Waals surface area contributed by atoms with Crippen LogP contribution in [0.25, 0.3) is 33.3 Å². The summed E-state index contributed by atoms with van der Waals surface area (Å²) in [6.45, 7) is 30.6. The molecule has 0 fully saturated rings. The Bertz CT molecular complexity index is 3510. The number of benzene rings is 7. The van der Waals surface area contributed by atoms with E-state index in [1.165, 1.54) is 61.0 Å². The van der Waals surface area contributed by atoms with E-state index in [0.717, 1.165) is 39.7 Å². The Morgan fingerprint density at radius 1 is 0.438 bits per heavy atom. The SMILES string of the molecule is CC(C)(C)c1cc(Oc2cc(C(C)(C)c3ccccc3)c3c4ccccc4n(-c4cc(C(C)(C)C)ccn4)c3c2)cc(N2C=C(c3ccccc3)N(c3cc(C(C)(C)C)cc(C(C)(C)c4ccccc4)c3)C2)c1. The lowest BCUT2D eigenvalue weighted by Gasteiger charge is -2.32. The van der Waals surface area contributed by atoms with Crippen molar-refractivity contribution in [2.24, 2.45) is 0 Å². The molecule has 0 saturated heterocycles. The van der Waals surface area contributed by atoms with Gasteiger partial charge in [0.25, 0.3) is 0 Å². The zero-order chi connectivity index (χ0) is 51.7. The predicted molar refractivity (Wildman–Crippen MR) is 309 cm³/mol. The summed E-state index contributed by atoms with van der Waals surface area (Å²) < 4.78 is 9.67. The molecule has 7 aromatic carbocycles. The van der Waals surface area contributed by atoms with Crippen molar-refractivity contribution in [3.05, 3.63) is 233 Å². The molecule has 0 radical (unpaired) electrons. The Morgan fingerprint density at radius 3 is 1.63 bits per heavy atom. The number of fused-ring (bicyclic) bond motifs is 3. The van der Waals surface area contributed by atoms with E-state index in [2.05, 4.69) is 287 Å². The van der Waals surface area contributed by atoms with Crippen LogP contribution >= 0.6 is 0 Å². The lowest BCUT2D eigenvalue weighted by Crippen LogP contribution is -2.28. The van der Waals surface area contributed by atoms with Crippen molar-refractivity contribution in [1.29, 1.82) is 0 Å². The van der Waals surface area contributed by atoms with Gasteiger partial charge in [-0.15, -0.1) is 0 Å². The van der Waals surface area contributed by atoms with Crippen LogP contribution in [0.3, 0.4) is 0 Å². The average molecular weight is 961 g/mol. The van der Waals surface area contributed by atoms with Crippen molar-refractivity contribution in [2.75, 3.05) is 16.5 Å². The van der Waals surface area contributed by atoms with Crippen molar-refractivity contribution in [3.8, 4) is 17.3 Å². The molecule has 10 rings (SSSR count). The molecule has 0 bridgehead atoms. The van der Waals surface area contributed by atoms with E-state index in [1.54, 1.807) is 0 Å². The van der Waals surface area contributed by atoms with Crippen LogP contribution in [0.15, 0.2) is 188 Å². The molecule has 1 aliphatic heterocycles. The molecule has 0 atom stereocenters. The molecule has 0 spiro atoms. The standard InChI is InChI=1S/C68H72N4O/c1-64(2,3)49-33-34-69-62(40-49)72-59-32-24-23-31-57(59)63-58(68(12,13)48-29-21-16-22-30-48)42-56(43-60(63)72)73-55-39-51(66(7,8)9)36-53(41-55)70-44-61(46-25-17-14-18-26-46)71(45-70)54-37-50(65(4,5)6)35-52(38-54)67(10,11)47-27-19-15-20-28-47/h14-44H,45H2,1-13H3. The highest BCUT2D eigenvalue weighted by atomic mass is 16.5. The molecular weight excluding hydrogens is 889 g/mol. The smallest absolute Gasteiger partial charge is 0.137 e. The fraction of sp³-hybridized carbons (Fsp3) is 0.279. The van der Waals surface area contributed by atoms with Gasteiger partial charge in [0.2, 0.25) is 0 Å². The Labute approximate surface area is 434 Å².